The van der Waals surface area contributed by atoms with Gasteiger partial charge in [0.05, 0.1) is 4.53 Å². The van der Waals surface area contributed by atoms with Gasteiger partial charge in [0.2, 0.25) is 4.96 Å². The van der Waals surface area contributed by atoms with Crippen LogP contribution in [-0.2, 0) is 0 Å². The van der Waals surface area contributed by atoms with Crippen molar-refractivity contribution < 1.29 is 0 Å². The molecule has 0 aliphatic carbocycles. The lowest BCUT2D eigenvalue weighted by atomic mass is 10.2. The van der Waals surface area contributed by atoms with Crippen LogP contribution in [0.25, 0.3) is 11.0 Å². The van der Waals surface area contributed by atoms with Crippen molar-refractivity contribution >= 4 is 38.3 Å². The predicted molar refractivity (Wildman–Crippen MR) is 70.1 cm³/mol. The first-order valence-electron chi connectivity index (χ1n) is 4.84. The summed E-state index contributed by atoms with van der Waals surface area (Å²) in [5.41, 5.74) is 0.840. The molecule has 0 saturated carbocycles. The Labute approximate surface area is 108 Å². The minimum atomic E-state index is -0.127. The first-order chi connectivity index (χ1) is 8.25. The maximum atomic E-state index is 11.9. The van der Waals surface area contributed by atoms with Crippen molar-refractivity contribution in [3.8, 4) is 0 Å². The number of hydrogen-bond acceptors (Lipinski definition) is 4. The summed E-state index contributed by atoms with van der Waals surface area (Å²) in [6, 6.07) is 7.74. The molecule has 4 nitrogen and oxygen atoms in total. The summed E-state index contributed by atoms with van der Waals surface area (Å²) in [7, 11) is 0. The van der Waals surface area contributed by atoms with Crippen molar-refractivity contribution in [3.05, 3.63) is 55.5 Å². The van der Waals surface area contributed by atoms with E-state index >= 15 is 0 Å². The Morgan fingerprint density at radius 3 is 2.94 bits per heavy atom. The first kappa shape index (κ1) is 10.6. The largest absolute Gasteiger partial charge is 0.291 e. The van der Waals surface area contributed by atoms with E-state index in [4.69, 9.17) is 0 Å². The van der Waals surface area contributed by atoms with E-state index in [-0.39, 0.29) is 5.56 Å². The van der Waals surface area contributed by atoms with Crippen LogP contribution in [0.4, 0.5) is 0 Å². The Morgan fingerprint density at radius 1 is 1.35 bits per heavy atom. The van der Waals surface area contributed by atoms with Gasteiger partial charge in [-0.2, -0.15) is 9.61 Å². The van der Waals surface area contributed by atoms with Gasteiger partial charge < -0.3 is 0 Å². The van der Waals surface area contributed by atoms with Crippen molar-refractivity contribution in [1.82, 2.24) is 14.6 Å². The fraction of sp³-hybridized carbons (Fsp3) is 0. The summed E-state index contributed by atoms with van der Waals surface area (Å²) in [5.74, 6) is 0. The highest BCUT2D eigenvalue weighted by molar-refractivity contribution is 9.10. The molecule has 84 valence electrons. The van der Waals surface area contributed by atoms with Gasteiger partial charge in [0, 0.05) is 4.47 Å². The van der Waals surface area contributed by atoms with Crippen LogP contribution < -0.4 is 10.1 Å². The Balaban J connectivity index is 2.28. The van der Waals surface area contributed by atoms with Crippen LogP contribution in [0.1, 0.15) is 5.56 Å². The molecule has 0 saturated heterocycles. The Morgan fingerprint density at radius 2 is 2.18 bits per heavy atom. The second-order valence-electron chi connectivity index (χ2n) is 3.39. The standard InChI is InChI=1S/C11H6BrN3OS/c12-8-4-2-1-3-7(8)5-9-10(16)15-11(17-9)13-6-14-15/h1-6H/b9-5-. The van der Waals surface area contributed by atoms with Crippen LogP contribution in [0.2, 0.25) is 0 Å². The fourth-order valence-corrected chi connectivity index (χ4v) is 2.78. The molecule has 0 fully saturated rings. The van der Waals surface area contributed by atoms with E-state index in [1.807, 2.05) is 30.3 Å². The van der Waals surface area contributed by atoms with Gasteiger partial charge in [-0.3, -0.25) is 4.79 Å². The van der Waals surface area contributed by atoms with Gasteiger partial charge in [0.25, 0.3) is 5.56 Å². The van der Waals surface area contributed by atoms with Crippen molar-refractivity contribution in [1.29, 1.82) is 0 Å². The zero-order chi connectivity index (χ0) is 11.8. The van der Waals surface area contributed by atoms with Crippen LogP contribution in [0.3, 0.4) is 0 Å². The zero-order valence-corrected chi connectivity index (χ0v) is 10.9. The SMILES string of the molecule is O=c1/c(=C/c2ccccc2Br)sc2ncnn12. The minimum Gasteiger partial charge on any atom is -0.266 e. The third-order valence-corrected chi connectivity index (χ3v) is 4.01. The van der Waals surface area contributed by atoms with Gasteiger partial charge in [0.1, 0.15) is 6.33 Å². The van der Waals surface area contributed by atoms with Crippen LogP contribution in [0.15, 0.2) is 39.9 Å². The number of thiazole rings is 1. The van der Waals surface area contributed by atoms with Gasteiger partial charge in [-0.05, 0) is 17.7 Å². The molecular weight excluding hydrogens is 302 g/mol. The van der Waals surface area contributed by atoms with Crippen LogP contribution >= 0.6 is 27.3 Å². The quantitative estimate of drug-likeness (QED) is 0.684. The van der Waals surface area contributed by atoms with Crippen molar-refractivity contribution in [2.75, 3.05) is 0 Å². The van der Waals surface area contributed by atoms with Crippen molar-refractivity contribution in [2.24, 2.45) is 0 Å². The van der Waals surface area contributed by atoms with E-state index in [1.165, 1.54) is 22.2 Å². The van der Waals surface area contributed by atoms with E-state index in [2.05, 4.69) is 26.0 Å². The van der Waals surface area contributed by atoms with Gasteiger partial charge in [-0.1, -0.05) is 45.5 Å². The van der Waals surface area contributed by atoms with Crippen molar-refractivity contribution in [2.45, 2.75) is 0 Å². The topological polar surface area (TPSA) is 47.3 Å². The fourth-order valence-electron chi connectivity index (χ4n) is 1.51. The summed E-state index contributed by atoms with van der Waals surface area (Å²) >= 11 is 4.78. The lowest BCUT2D eigenvalue weighted by Gasteiger charge is -1.94. The molecule has 0 N–H and O–H groups in total. The maximum Gasteiger partial charge on any atom is 0.291 e. The van der Waals surface area contributed by atoms with Crippen LogP contribution in [0.5, 0.6) is 0 Å². The molecule has 1 aromatic carbocycles. The van der Waals surface area contributed by atoms with Gasteiger partial charge in [0.15, 0.2) is 0 Å². The predicted octanol–water partition coefficient (Wildman–Crippen LogP) is 1.46. The molecule has 0 unspecified atom stereocenters. The Bertz CT molecular complexity index is 793. The third kappa shape index (κ3) is 1.79. The van der Waals surface area contributed by atoms with E-state index in [9.17, 15) is 4.79 Å². The summed E-state index contributed by atoms with van der Waals surface area (Å²) in [4.78, 5) is 16.6. The average molecular weight is 308 g/mol. The Hall–Kier alpha value is -1.53. The number of fused-ring (bicyclic) bond motifs is 1. The number of halogens is 1. The van der Waals surface area contributed by atoms with Crippen molar-refractivity contribution in [3.63, 3.8) is 0 Å². The van der Waals surface area contributed by atoms with E-state index in [0.29, 0.717) is 9.49 Å². The van der Waals surface area contributed by atoms with E-state index in [1.54, 1.807) is 0 Å². The summed E-state index contributed by atoms with van der Waals surface area (Å²) in [5, 5.41) is 3.87. The molecule has 3 rings (SSSR count). The number of hydrogen-bond donors (Lipinski definition) is 0. The molecular formula is C11H6BrN3OS. The molecule has 17 heavy (non-hydrogen) atoms. The smallest absolute Gasteiger partial charge is 0.266 e. The molecule has 0 spiro atoms. The Kier molecular flexibility index (Phi) is 2.53. The monoisotopic (exact) mass is 307 g/mol. The molecule has 6 heteroatoms. The number of nitrogens with zero attached hydrogens (tertiary/aromatic N) is 3. The summed E-state index contributed by atoms with van der Waals surface area (Å²) in [6.45, 7) is 0. The molecule has 3 aromatic rings. The summed E-state index contributed by atoms with van der Waals surface area (Å²) < 4.78 is 2.90. The molecule has 0 aliphatic rings. The average Bonchev–Trinajstić information content (AvgIpc) is 2.87. The molecule has 0 radical (unpaired) electrons. The molecule has 0 bridgehead atoms. The molecule has 0 atom stereocenters. The molecule has 2 aromatic heterocycles. The van der Waals surface area contributed by atoms with E-state index < -0.39 is 0 Å². The van der Waals surface area contributed by atoms with Gasteiger partial charge in [-0.25, -0.2) is 4.98 Å². The number of aromatic nitrogens is 3. The lowest BCUT2D eigenvalue weighted by Crippen LogP contribution is -2.23. The van der Waals surface area contributed by atoms with Gasteiger partial charge >= 0.3 is 0 Å². The second kappa shape index (κ2) is 4.05. The van der Waals surface area contributed by atoms with Crippen LogP contribution in [-0.4, -0.2) is 14.6 Å². The summed E-state index contributed by atoms with van der Waals surface area (Å²) in [6.07, 6.45) is 3.23. The molecule has 0 amide bonds. The normalized spacial score (nSPS) is 12.4. The first-order valence-corrected chi connectivity index (χ1v) is 6.45. The zero-order valence-electron chi connectivity index (χ0n) is 8.50. The highest BCUT2D eigenvalue weighted by Crippen LogP contribution is 2.16. The lowest BCUT2D eigenvalue weighted by molar-refractivity contribution is 0.932. The minimum absolute atomic E-state index is 0.127. The third-order valence-electron chi connectivity index (χ3n) is 2.31. The highest BCUT2D eigenvalue weighted by atomic mass is 79.9. The van der Waals surface area contributed by atoms with Gasteiger partial charge in [-0.15, -0.1) is 0 Å². The maximum absolute atomic E-state index is 11.9. The second-order valence-corrected chi connectivity index (χ2v) is 5.26. The van der Waals surface area contributed by atoms with Crippen LogP contribution in [0, 0.1) is 0 Å². The number of benzene rings is 1. The molecule has 0 aliphatic heterocycles. The number of rotatable bonds is 1. The van der Waals surface area contributed by atoms with E-state index in [0.717, 1.165) is 10.0 Å². The highest BCUT2D eigenvalue weighted by Gasteiger charge is 2.05. The molecule has 2 heterocycles.